The van der Waals surface area contributed by atoms with E-state index in [0.29, 0.717) is 17.1 Å². The summed E-state index contributed by atoms with van der Waals surface area (Å²) in [5.74, 6) is 0. The topological polar surface area (TPSA) is 55.2 Å². The molecule has 0 aromatic carbocycles. The Morgan fingerprint density at radius 1 is 1.41 bits per heavy atom. The van der Waals surface area contributed by atoms with Crippen LogP contribution in [0.1, 0.15) is 39.7 Å². The largest absolute Gasteiger partial charge is 0.268 e. The molecule has 5 nitrogen and oxygen atoms in total. The minimum absolute atomic E-state index is 0.114. The Morgan fingerprint density at radius 2 is 2.14 bits per heavy atom. The van der Waals surface area contributed by atoms with E-state index in [1.165, 1.54) is 15.6 Å². The fourth-order valence-corrected chi connectivity index (χ4v) is 4.21. The Bertz CT molecular complexity index is 703. The van der Waals surface area contributed by atoms with Crippen LogP contribution >= 0.6 is 11.3 Å². The van der Waals surface area contributed by atoms with Crippen molar-refractivity contribution < 1.29 is 8.42 Å². The Morgan fingerprint density at radius 3 is 2.68 bits per heavy atom. The summed E-state index contributed by atoms with van der Waals surface area (Å²) in [4.78, 5) is 1.17. The average molecular weight is 342 g/mol. The molecule has 0 fully saturated rings. The van der Waals surface area contributed by atoms with Gasteiger partial charge in [0.25, 0.3) is 0 Å². The molecule has 0 aliphatic heterocycles. The normalized spacial score (nSPS) is 12.5. The smallest absolute Gasteiger partial charge is 0.246 e. The number of aromatic nitrogens is 2. The fraction of sp³-hybridized carbons (Fsp3) is 0.533. The van der Waals surface area contributed by atoms with Gasteiger partial charge in [-0.05, 0) is 31.7 Å². The molecule has 2 aromatic heterocycles. The van der Waals surface area contributed by atoms with Crippen molar-refractivity contribution in [3.05, 3.63) is 23.7 Å². The summed E-state index contributed by atoms with van der Waals surface area (Å²) < 4.78 is 28.9. The van der Waals surface area contributed by atoms with Crippen LogP contribution in [0.2, 0.25) is 0 Å². The third kappa shape index (κ3) is 3.42. The van der Waals surface area contributed by atoms with Gasteiger partial charge in [0, 0.05) is 25.8 Å². The lowest BCUT2D eigenvalue weighted by atomic mass is 10.3. The molecule has 0 aliphatic carbocycles. The lowest BCUT2D eigenvalue weighted by Gasteiger charge is -2.16. The maximum Gasteiger partial charge on any atom is 0.246 e. The van der Waals surface area contributed by atoms with Crippen LogP contribution in [0.5, 0.6) is 0 Å². The first kappa shape index (κ1) is 17.2. The Balaban J connectivity index is 2.49. The second-order valence-electron chi connectivity index (χ2n) is 5.57. The third-order valence-corrected chi connectivity index (χ3v) is 6.23. The van der Waals surface area contributed by atoms with Gasteiger partial charge in [-0.2, -0.15) is 5.10 Å². The second-order valence-corrected chi connectivity index (χ2v) is 8.53. The molecule has 0 atom stereocenters. The van der Waals surface area contributed by atoms with E-state index < -0.39 is 10.0 Å². The lowest BCUT2D eigenvalue weighted by molar-refractivity contribution is 0.459. The molecule has 122 valence electrons. The molecule has 0 N–H and O–H groups in total. The van der Waals surface area contributed by atoms with E-state index in [9.17, 15) is 8.42 Å². The van der Waals surface area contributed by atoms with Crippen LogP contribution in [0.15, 0.2) is 28.6 Å². The fourth-order valence-electron chi connectivity index (χ4n) is 2.08. The average Bonchev–Trinajstić information content (AvgIpc) is 3.12. The van der Waals surface area contributed by atoms with Crippen molar-refractivity contribution in [1.29, 1.82) is 0 Å². The van der Waals surface area contributed by atoms with Crippen LogP contribution in [0.25, 0.3) is 10.6 Å². The number of unbranched alkanes of at least 4 members (excludes halogenated alkanes) is 1. The maximum absolute atomic E-state index is 12.9. The molecule has 0 radical (unpaired) electrons. The number of hydrogen-bond donors (Lipinski definition) is 0. The molecule has 2 heterocycles. The molecule has 7 heteroatoms. The quantitative estimate of drug-likeness (QED) is 0.773. The number of hydrogen-bond acceptors (Lipinski definition) is 4. The van der Waals surface area contributed by atoms with Gasteiger partial charge in [0.1, 0.15) is 10.6 Å². The first-order chi connectivity index (χ1) is 10.4. The predicted octanol–water partition coefficient (Wildman–Crippen LogP) is 3.61. The van der Waals surface area contributed by atoms with Crippen LogP contribution in [-0.2, 0) is 10.0 Å². The number of rotatable bonds is 7. The molecule has 0 bridgehead atoms. The highest BCUT2D eigenvalue weighted by atomic mass is 32.2. The second kappa shape index (κ2) is 6.93. The number of thiophene rings is 1. The summed E-state index contributed by atoms with van der Waals surface area (Å²) in [5, 5.41) is 6.43. The van der Waals surface area contributed by atoms with Gasteiger partial charge in [0.15, 0.2) is 0 Å². The van der Waals surface area contributed by atoms with Gasteiger partial charge >= 0.3 is 0 Å². The standard InChI is InChI=1S/C15H23N3O2S2/c1-5-6-9-17(4)22(19,20)14-11-18(12(2)3)16-15(14)13-8-7-10-21-13/h7-8,10-12H,5-6,9H2,1-4H3. The summed E-state index contributed by atoms with van der Waals surface area (Å²) in [7, 11) is -1.89. The van der Waals surface area contributed by atoms with Crippen LogP contribution in [0.4, 0.5) is 0 Å². The highest BCUT2D eigenvalue weighted by Crippen LogP contribution is 2.32. The Hall–Kier alpha value is -1.18. The minimum Gasteiger partial charge on any atom is -0.268 e. The number of sulfonamides is 1. The molecule has 2 aromatic rings. The van der Waals surface area contributed by atoms with Crippen molar-refractivity contribution in [1.82, 2.24) is 14.1 Å². The molecule has 0 aliphatic rings. The summed E-state index contributed by atoms with van der Waals surface area (Å²) in [5.41, 5.74) is 0.548. The van der Waals surface area contributed by atoms with Gasteiger partial charge in [-0.25, -0.2) is 12.7 Å². The van der Waals surface area contributed by atoms with E-state index in [-0.39, 0.29) is 6.04 Å². The summed E-state index contributed by atoms with van der Waals surface area (Å²) in [6.45, 7) is 6.55. The molecule has 0 amide bonds. The summed E-state index contributed by atoms with van der Waals surface area (Å²) >= 11 is 1.50. The van der Waals surface area contributed by atoms with Gasteiger partial charge < -0.3 is 0 Å². The van der Waals surface area contributed by atoms with Crippen molar-refractivity contribution in [2.24, 2.45) is 0 Å². The van der Waals surface area contributed by atoms with Crippen LogP contribution in [0.3, 0.4) is 0 Å². The molecular formula is C15H23N3O2S2. The minimum atomic E-state index is -3.52. The van der Waals surface area contributed by atoms with Crippen LogP contribution in [0, 0.1) is 0 Å². The SMILES string of the molecule is CCCCN(C)S(=O)(=O)c1cn(C(C)C)nc1-c1cccs1. The zero-order valence-corrected chi connectivity index (χ0v) is 15.1. The summed E-state index contributed by atoms with van der Waals surface area (Å²) in [6.07, 6.45) is 3.46. The van der Waals surface area contributed by atoms with Gasteiger partial charge in [-0.1, -0.05) is 19.4 Å². The van der Waals surface area contributed by atoms with E-state index in [0.717, 1.165) is 17.7 Å². The first-order valence-electron chi connectivity index (χ1n) is 7.47. The van der Waals surface area contributed by atoms with Crippen LogP contribution in [-0.4, -0.2) is 36.1 Å². The predicted molar refractivity (Wildman–Crippen MR) is 90.6 cm³/mol. The van der Waals surface area contributed by atoms with Crippen molar-refractivity contribution in [2.75, 3.05) is 13.6 Å². The first-order valence-corrected chi connectivity index (χ1v) is 9.79. The molecule has 2 rings (SSSR count). The molecule has 0 spiro atoms. The highest BCUT2D eigenvalue weighted by molar-refractivity contribution is 7.89. The highest BCUT2D eigenvalue weighted by Gasteiger charge is 2.28. The molecular weight excluding hydrogens is 318 g/mol. The van der Waals surface area contributed by atoms with E-state index in [4.69, 9.17) is 0 Å². The Labute approximate surface area is 136 Å². The van der Waals surface area contributed by atoms with Crippen molar-refractivity contribution in [3.8, 4) is 10.6 Å². The van der Waals surface area contributed by atoms with Gasteiger partial charge in [-0.3, -0.25) is 4.68 Å². The number of nitrogens with zero attached hydrogens (tertiary/aromatic N) is 3. The van der Waals surface area contributed by atoms with E-state index in [1.807, 2.05) is 38.3 Å². The van der Waals surface area contributed by atoms with Crippen molar-refractivity contribution in [2.45, 2.75) is 44.6 Å². The maximum atomic E-state index is 12.9. The monoisotopic (exact) mass is 341 g/mol. The van der Waals surface area contributed by atoms with Gasteiger partial charge in [-0.15, -0.1) is 11.3 Å². The Kier molecular flexibility index (Phi) is 5.41. The van der Waals surface area contributed by atoms with Crippen molar-refractivity contribution >= 4 is 21.4 Å². The zero-order chi connectivity index (χ0) is 16.3. The van der Waals surface area contributed by atoms with E-state index in [2.05, 4.69) is 5.10 Å². The van der Waals surface area contributed by atoms with Gasteiger partial charge in [0.05, 0.1) is 4.88 Å². The molecule has 0 saturated heterocycles. The third-order valence-electron chi connectivity index (χ3n) is 3.50. The van der Waals surface area contributed by atoms with E-state index >= 15 is 0 Å². The zero-order valence-electron chi connectivity index (χ0n) is 13.5. The lowest BCUT2D eigenvalue weighted by Crippen LogP contribution is -2.28. The van der Waals surface area contributed by atoms with Gasteiger partial charge in [0.2, 0.25) is 10.0 Å². The molecule has 0 saturated carbocycles. The molecule has 0 unspecified atom stereocenters. The van der Waals surface area contributed by atoms with E-state index in [1.54, 1.807) is 17.9 Å². The summed E-state index contributed by atoms with van der Waals surface area (Å²) in [6, 6.07) is 3.93. The van der Waals surface area contributed by atoms with Crippen molar-refractivity contribution in [3.63, 3.8) is 0 Å². The molecule has 22 heavy (non-hydrogen) atoms. The van der Waals surface area contributed by atoms with Crippen LogP contribution < -0.4 is 0 Å².